The number of hydrogen-bond donors (Lipinski definition) is 0. The van der Waals surface area contributed by atoms with Crippen LogP contribution in [-0.2, 0) is 0 Å². The topological polar surface area (TPSA) is 9.23 Å². The normalized spacial score (nSPS) is 13.0. The highest BCUT2D eigenvalue weighted by molar-refractivity contribution is 7.99. The van der Waals surface area contributed by atoms with Gasteiger partial charge < -0.3 is 4.74 Å². The first-order valence-electron chi connectivity index (χ1n) is 5.59. The summed E-state index contributed by atoms with van der Waals surface area (Å²) in [5, 5.41) is 0. The van der Waals surface area contributed by atoms with Crippen molar-refractivity contribution in [3.05, 3.63) is 54.1 Å². The summed E-state index contributed by atoms with van der Waals surface area (Å²) in [5.41, 5.74) is 1.13. The molecule has 0 unspecified atom stereocenters. The van der Waals surface area contributed by atoms with Gasteiger partial charge in [0.15, 0.2) is 0 Å². The third kappa shape index (κ3) is 1.85. The number of fused-ring (bicyclic) bond motifs is 2. The zero-order chi connectivity index (χ0) is 11.7. The molecule has 1 nitrogen and oxygen atoms in total. The van der Waals surface area contributed by atoms with Gasteiger partial charge >= 0.3 is 0 Å². The van der Waals surface area contributed by atoms with Gasteiger partial charge in [-0.3, -0.25) is 0 Å². The van der Waals surface area contributed by atoms with E-state index in [-0.39, 0.29) is 0 Å². The summed E-state index contributed by atoms with van der Waals surface area (Å²) in [6.45, 7) is 2.02. The van der Waals surface area contributed by atoms with Gasteiger partial charge in [-0.05, 0) is 25.1 Å². The second-order valence-corrected chi connectivity index (χ2v) is 4.91. The Morgan fingerprint density at radius 2 is 1.82 bits per heavy atom. The van der Waals surface area contributed by atoms with Crippen LogP contribution >= 0.6 is 11.8 Å². The molecule has 0 N–H and O–H groups in total. The first-order valence-corrected chi connectivity index (χ1v) is 6.40. The Morgan fingerprint density at radius 3 is 2.71 bits per heavy atom. The van der Waals surface area contributed by atoms with Gasteiger partial charge in [0.25, 0.3) is 0 Å². The van der Waals surface area contributed by atoms with Gasteiger partial charge in [0, 0.05) is 5.56 Å². The highest BCUT2D eigenvalue weighted by Gasteiger charge is 2.18. The van der Waals surface area contributed by atoms with Crippen molar-refractivity contribution in [3.63, 3.8) is 0 Å². The molecule has 0 bridgehead atoms. The van der Waals surface area contributed by atoms with Crippen LogP contribution in [0, 0.1) is 0 Å². The van der Waals surface area contributed by atoms with Crippen molar-refractivity contribution in [2.75, 3.05) is 0 Å². The zero-order valence-corrected chi connectivity index (χ0v) is 10.3. The Morgan fingerprint density at radius 1 is 1.00 bits per heavy atom. The van der Waals surface area contributed by atoms with Crippen molar-refractivity contribution in [3.8, 4) is 11.5 Å². The fourth-order valence-electron chi connectivity index (χ4n) is 1.88. The van der Waals surface area contributed by atoms with Crippen molar-refractivity contribution >= 4 is 17.8 Å². The molecule has 3 rings (SSSR count). The van der Waals surface area contributed by atoms with Crippen LogP contribution in [0.5, 0.6) is 11.5 Å². The fraction of sp³-hybridized carbons (Fsp3) is 0.0667. The maximum Gasteiger partial charge on any atom is 0.148 e. The Balaban J connectivity index is 2.11. The van der Waals surface area contributed by atoms with Gasteiger partial charge in [0.1, 0.15) is 11.5 Å². The van der Waals surface area contributed by atoms with E-state index in [0.717, 1.165) is 17.1 Å². The molecule has 0 atom stereocenters. The summed E-state index contributed by atoms with van der Waals surface area (Å²) in [5.74, 6) is 1.91. The number of hydrogen-bond acceptors (Lipinski definition) is 2. The van der Waals surface area contributed by atoms with Crippen molar-refractivity contribution in [2.45, 2.75) is 16.7 Å². The molecule has 2 aromatic rings. The maximum absolute atomic E-state index is 5.99. The van der Waals surface area contributed by atoms with E-state index in [2.05, 4.69) is 30.3 Å². The van der Waals surface area contributed by atoms with Crippen molar-refractivity contribution in [1.29, 1.82) is 0 Å². The smallest absolute Gasteiger partial charge is 0.148 e. The number of allylic oxidation sites excluding steroid dienone is 1. The minimum atomic E-state index is 0.946. The summed E-state index contributed by atoms with van der Waals surface area (Å²) in [6.07, 6.45) is 4.11. The maximum atomic E-state index is 5.99. The largest absolute Gasteiger partial charge is 0.454 e. The predicted molar refractivity (Wildman–Crippen MR) is 71.8 cm³/mol. The van der Waals surface area contributed by atoms with Crippen LogP contribution in [0.15, 0.2) is 58.3 Å². The van der Waals surface area contributed by atoms with E-state index in [9.17, 15) is 0 Å². The van der Waals surface area contributed by atoms with Crippen LogP contribution in [0.2, 0.25) is 0 Å². The van der Waals surface area contributed by atoms with E-state index < -0.39 is 0 Å². The molecule has 0 saturated carbocycles. The predicted octanol–water partition coefficient (Wildman–Crippen LogP) is 4.98. The first-order chi connectivity index (χ1) is 8.38. The van der Waals surface area contributed by atoms with E-state index in [1.165, 1.54) is 9.79 Å². The highest BCUT2D eigenvalue weighted by Crippen LogP contribution is 2.48. The van der Waals surface area contributed by atoms with Gasteiger partial charge in [-0.1, -0.05) is 48.2 Å². The molecular formula is C15H12OS. The van der Waals surface area contributed by atoms with Crippen molar-refractivity contribution < 1.29 is 4.74 Å². The Kier molecular flexibility index (Phi) is 2.65. The molecule has 0 radical (unpaired) electrons. The molecule has 0 aromatic heterocycles. The zero-order valence-electron chi connectivity index (χ0n) is 9.51. The van der Waals surface area contributed by atoms with Gasteiger partial charge in [0.2, 0.25) is 0 Å². The number of ether oxygens (including phenoxy) is 1. The lowest BCUT2D eigenvalue weighted by Crippen LogP contribution is -1.96. The quantitative estimate of drug-likeness (QED) is 0.593. The minimum Gasteiger partial charge on any atom is -0.454 e. The fourth-order valence-corrected chi connectivity index (χ4v) is 2.87. The third-order valence-corrected chi connectivity index (χ3v) is 3.74. The van der Waals surface area contributed by atoms with E-state index in [1.54, 1.807) is 11.8 Å². The monoisotopic (exact) mass is 240 g/mol. The molecule has 2 heteroatoms. The Bertz CT molecular complexity index is 587. The van der Waals surface area contributed by atoms with E-state index in [1.807, 2.05) is 31.2 Å². The molecule has 84 valence electrons. The summed E-state index contributed by atoms with van der Waals surface area (Å²) < 4.78 is 5.99. The average molecular weight is 240 g/mol. The van der Waals surface area contributed by atoms with Crippen LogP contribution < -0.4 is 4.74 Å². The first kappa shape index (κ1) is 10.5. The third-order valence-electron chi connectivity index (χ3n) is 2.64. The van der Waals surface area contributed by atoms with Crippen molar-refractivity contribution in [1.82, 2.24) is 0 Å². The van der Waals surface area contributed by atoms with Crippen molar-refractivity contribution in [2.24, 2.45) is 0 Å². The number of para-hydroxylation sites is 2. The lowest BCUT2D eigenvalue weighted by atomic mass is 10.2. The van der Waals surface area contributed by atoms with Crippen LogP contribution in [0.1, 0.15) is 12.5 Å². The molecule has 1 heterocycles. The Labute approximate surface area is 105 Å². The molecule has 2 aromatic carbocycles. The number of rotatable bonds is 1. The lowest BCUT2D eigenvalue weighted by molar-refractivity contribution is 0.453. The minimum absolute atomic E-state index is 0.946. The van der Waals surface area contributed by atoms with Crippen LogP contribution in [0.4, 0.5) is 0 Å². The SMILES string of the molecule is C/C=C/c1cccc2c1Oc1ccccc1S2. The molecular weight excluding hydrogens is 228 g/mol. The summed E-state index contributed by atoms with van der Waals surface area (Å²) >= 11 is 1.76. The standard InChI is InChI=1S/C15H12OS/c1-2-6-11-7-5-10-14-15(11)16-12-8-3-4-9-13(12)17-14/h2-10H,1H3/b6-2+. The molecule has 1 aliphatic heterocycles. The van der Waals surface area contributed by atoms with E-state index >= 15 is 0 Å². The Hall–Kier alpha value is -1.67. The second kappa shape index (κ2) is 4.30. The highest BCUT2D eigenvalue weighted by atomic mass is 32.2. The average Bonchev–Trinajstić information content (AvgIpc) is 2.37. The molecule has 0 amide bonds. The van der Waals surface area contributed by atoms with Gasteiger partial charge in [-0.25, -0.2) is 0 Å². The molecule has 1 aliphatic rings. The second-order valence-electron chi connectivity index (χ2n) is 3.83. The molecule has 0 aliphatic carbocycles. The molecule has 0 saturated heterocycles. The van der Waals surface area contributed by atoms with E-state index in [0.29, 0.717) is 0 Å². The van der Waals surface area contributed by atoms with Crippen LogP contribution in [-0.4, -0.2) is 0 Å². The van der Waals surface area contributed by atoms with Gasteiger partial charge in [-0.2, -0.15) is 0 Å². The van der Waals surface area contributed by atoms with Gasteiger partial charge in [0.05, 0.1) is 9.79 Å². The summed E-state index contributed by atoms with van der Waals surface area (Å²) in [7, 11) is 0. The molecule has 0 spiro atoms. The number of benzene rings is 2. The van der Waals surface area contributed by atoms with Crippen LogP contribution in [0.25, 0.3) is 6.08 Å². The van der Waals surface area contributed by atoms with Gasteiger partial charge in [-0.15, -0.1) is 0 Å². The summed E-state index contributed by atoms with van der Waals surface area (Å²) in [6, 6.07) is 14.4. The molecule has 17 heavy (non-hydrogen) atoms. The molecule has 0 fully saturated rings. The van der Waals surface area contributed by atoms with E-state index in [4.69, 9.17) is 4.74 Å². The van der Waals surface area contributed by atoms with Crippen LogP contribution in [0.3, 0.4) is 0 Å². The lowest BCUT2D eigenvalue weighted by Gasteiger charge is -2.20. The summed E-state index contributed by atoms with van der Waals surface area (Å²) in [4.78, 5) is 2.36.